The summed E-state index contributed by atoms with van der Waals surface area (Å²) in [6, 6.07) is 5.15. The maximum absolute atomic E-state index is 11.2. The molecule has 1 amide bonds. The van der Waals surface area contributed by atoms with Gasteiger partial charge in [0, 0.05) is 23.5 Å². The zero-order valence-corrected chi connectivity index (χ0v) is 9.75. The van der Waals surface area contributed by atoms with Gasteiger partial charge in [0.05, 0.1) is 12.7 Å². The Morgan fingerprint density at radius 3 is 2.83 bits per heavy atom. The van der Waals surface area contributed by atoms with E-state index in [0.717, 1.165) is 5.56 Å². The van der Waals surface area contributed by atoms with Crippen molar-refractivity contribution < 1.29 is 9.53 Å². The van der Waals surface area contributed by atoms with Gasteiger partial charge in [-0.05, 0) is 18.2 Å². The lowest BCUT2D eigenvalue weighted by atomic mass is 10.1. The number of aromatic nitrogens is 2. The minimum Gasteiger partial charge on any atom is -0.481 e. The van der Waals surface area contributed by atoms with Crippen LogP contribution in [0.2, 0.25) is 0 Å². The fraction of sp³-hybridized carbons (Fsp3) is 0.0833. The average molecular weight is 244 g/mol. The van der Waals surface area contributed by atoms with Crippen LogP contribution in [-0.2, 0) is 0 Å². The number of rotatable bonds is 3. The number of methoxy groups -OCH3 is 1. The lowest BCUT2D eigenvalue weighted by Crippen LogP contribution is -2.14. The van der Waals surface area contributed by atoms with Gasteiger partial charge in [-0.15, -0.1) is 0 Å². The third-order valence-electron chi connectivity index (χ3n) is 2.46. The Bertz CT molecular complexity index is 598. The molecule has 0 aliphatic carbocycles. The molecule has 0 unspecified atom stereocenters. The Balaban J connectivity index is 2.58. The van der Waals surface area contributed by atoms with Crippen molar-refractivity contribution in [3.8, 4) is 17.0 Å². The first-order chi connectivity index (χ1) is 8.63. The van der Waals surface area contributed by atoms with E-state index in [1.807, 2.05) is 6.07 Å². The van der Waals surface area contributed by atoms with Gasteiger partial charge in [0.15, 0.2) is 0 Å². The van der Waals surface area contributed by atoms with Crippen molar-refractivity contribution in [3.63, 3.8) is 0 Å². The Hall–Kier alpha value is -2.63. The number of nitrogen functional groups attached to an aromatic ring is 1. The van der Waals surface area contributed by atoms with E-state index in [0.29, 0.717) is 11.4 Å². The quantitative estimate of drug-likeness (QED) is 0.832. The van der Waals surface area contributed by atoms with E-state index in [-0.39, 0.29) is 11.4 Å². The lowest BCUT2D eigenvalue weighted by molar-refractivity contribution is 0.100. The van der Waals surface area contributed by atoms with Crippen molar-refractivity contribution in [2.75, 3.05) is 12.8 Å². The number of hydrogen-bond acceptors (Lipinski definition) is 5. The highest BCUT2D eigenvalue weighted by molar-refractivity contribution is 5.98. The molecule has 6 nitrogen and oxygen atoms in total. The highest BCUT2D eigenvalue weighted by Crippen LogP contribution is 2.28. The van der Waals surface area contributed by atoms with Crippen LogP contribution in [0.5, 0.6) is 5.88 Å². The molecule has 0 spiro atoms. The molecule has 0 atom stereocenters. The van der Waals surface area contributed by atoms with Crippen LogP contribution < -0.4 is 16.2 Å². The summed E-state index contributed by atoms with van der Waals surface area (Å²) in [6.45, 7) is 0. The molecule has 0 aliphatic heterocycles. The van der Waals surface area contributed by atoms with Crippen molar-refractivity contribution >= 4 is 11.7 Å². The van der Waals surface area contributed by atoms with Crippen LogP contribution >= 0.6 is 0 Å². The van der Waals surface area contributed by atoms with Gasteiger partial charge in [0.1, 0.15) is 5.82 Å². The van der Waals surface area contributed by atoms with Gasteiger partial charge >= 0.3 is 0 Å². The predicted octanol–water partition coefficient (Wildman–Crippen LogP) is 0.833. The van der Waals surface area contributed by atoms with Crippen LogP contribution in [0.25, 0.3) is 11.1 Å². The summed E-state index contributed by atoms with van der Waals surface area (Å²) in [4.78, 5) is 19.2. The van der Waals surface area contributed by atoms with E-state index in [9.17, 15) is 4.79 Å². The number of amides is 1. The number of pyridine rings is 2. The van der Waals surface area contributed by atoms with Crippen LogP contribution in [0.3, 0.4) is 0 Å². The number of primary amides is 1. The van der Waals surface area contributed by atoms with Gasteiger partial charge in [0.25, 0.3) is 5.91 Å². The van der Waals surface area contributed by atoms with Crippen LogP contribution in [0, 0.1) is 0 Å². The van der Waals surface area contributed by atoms with Gasteiger partial charge in [-0.1, -0.05) is 0 Å². The van der Waals surface area contributed by atoms with Crippen LogP contribution in [0.4, 0.5) is 5.82 Å². The third-order valence-corrected chi connectivity index (χ3v) is 2.46. The zero-order chi connectivity index (χ0) is 13.1. The molecule has 0 radical (unpaired) electrons. The van der Waals surface area contributed by atoms with E-state index in [1.54, 1.807) is 24.5 Å². The number of carbonyl (C=O) groups excluding carboxylic acids is 1. The van der Waals surface area contributed by atoms with Crippen molar-refractivity contribution in [2.45, 2.75) is 0 Å². The number of hydrogen-bond donors (Lipinski definition) is 2. The third kappa shape index (κ3) is 2.08. The second-order valence-electron chi connectivity index (χ2n) is 3.58. The normalized spacial score (nSPS) is 10.1. The minimum absolute atomic E-state index is 0.106. The molecule has 0 fully saturated rings. The second-order valence-corrected chi connectivity index (χ2v) is 3.58. The maximum Gasteiger partial charge on any atom is 0.252 e. The van der Waals surface area contributed by atoms with Crippen LogP contribution in [0.1, 0.15) is 10.4 Å². The molecule has 2 aromatic rings. The van der Waals surface area contributed by atoms with Gasteiger partial charge in [-0.3, -0.25) is 4.79 Å². The van der Waals surface area contributed by atoms with Crippen LogP contribution in [-0.4, -0.2) is 23.0 Å². The smallest absolute Gasteiger partial charge is 0.252 e. The molecule has 0 bridgehead atoms. The molecule has 0 saturated heterocycles. The molecule has 4 N–H and O–H groups in total. The van der Waals surface area contributed by atoms with E-state index < -0.39 is 5.91 Å². The highest BCUT2D eigenvalue weighted by atomic mass is 16.5. The average Bonchev–Trinajstić information content (AvgIpc) is 2.39. The molecule has 92 valence electrons. The van der Waals surface area contributed by atoms with Gasteiger partial charge < -0.3 is 16.2 Å². The first kappa shape index (κ1) is 11.8. The summed E-state index contributed by atoms with van der Waals surface area (Å²) < 4.78 is 5.14. The van der Waals surface area contributed by atoms with Crippen molar-refractivity contribution in [1.29, 1.82) is 0 Å². The van der Waals surface area contributed by atoms with E-state index in [2.05, 4.69) is 9.97 Å². The minimum atomic E-state index is -0.621. The van der Waals surface area contributed by atoms with E-state index in [4.69, 9.17) is 16.2 Å². The molecule has 0 saturated carbocycles. The number of ether oxygens (including phenoxy) is 1. The Morgan fingerprint density at radius 2 is 2.17 bits per heavy atom. The number of nitrogens with two attached hydrogens (primary N) is 2. The molecule has 0 aromatic carbocycles. The highest BCUT2D eigenvalue weighted by Gasteiger charge is 2.12. The molecule has 0 aliphatic rings. The fourth-order valence-electron chi connectivity index (χ4n) is 1.59. The standard InChI is InChI=1S/C12H12N4O2/c1-18-12-8(3-2-4-15-12)7-5-9(11(14)17)10(13)16-6-7/h2-6H,1H3,(H2,13,16)(H2,14,17). The van der Waals surface area contributed by atoms with Crippen LogP contribution in [0.15, 0.2) is 30.6 Å². The number of nitrogens with zero attached hydrogens (tertiary/aromatic N) is 2. The Kier molecular flexibility index (Phi) is 3.09. The summed E-state index contributed by atoms with van der Waals surface area (Å²) in [5.74, 6) is -0.0710. The zero-order valence-electron chi connectivity index (χ0n) is 9.75. The summed E-state index contributed by atoms with van der Waals surface area (Å²) in [5, 5.41) is 0. The largest absolute Gasteiger partial charge is 0.481 e. The number of anilines is 1. The van der Waals surface area contributed by atoms with Gasteiger partial charge in [-0.25, -0.2) is 9.97 Å². The van der Waals surface area contributed by atoms with Gasteiger partial charge in [-0.2, -0.15) is 0 Å². The molecular weight excluding hydrogens is 232 g/mol. The summed E-state index contributed by atoms with van der Waals surface area (Å²) in [6.07, 6.45) is 3.16. The van der Waals surface area contributed by atoms with E-state index >= 15 is 0 Å². The van der Waals surface area contributed by atoms with E-state index in [1.165, 1.54) is 7.11 Å². The Labute approximate surface area is 104 Å². The molecule has 18 heavy (non-hydrogen) atoms. The topological polar surface area (TPSA) is 104 Å². The monoisotopic (exact) mass is 244 g/mol. The van der Waals surface area contributed by atoms with Crippen molar-refractivity contribution in [2.24, 2.45) is 5.73 Å². The lowest BCUT2D eigenvalue weighted by Gasteiger charge is -2.08. The molecule has 2 heterocycles. The first-order valence-electron chi connectivity index (χ1n) is 5.18. The predicted molar refractivity (Wildman–Crippen MR) is 67.0 cm³/mol. The number of carbonyl (C=O) groups is 1. The summed E-state index contributed by atoms with van der Waals surface area (Å²) in [5.41, 5.74) is 12.4. The maximum atomic E-state index is 11.2. The molecule has 2 rings (SSSR count). The van der Waals surface area contributed by atoms with Gasteiger partial charge in [0.2, 0.25) is 5.88 Å². The molecule has 6 heteroatoms. The van der Waals surface area contributed by atoms with Crippen molar-refractivity contribution in [1.82, 2.24) is 9.97 Å². The first-order valence-corrected chi connectivity index (χ1v) is 5.18. The fourth-order valence-corrected chi connectivity index (χ4v) is 1.59. The molecule has 2 aromatic heterocycles. The Morgan fingerprint density at radius 1 is 1.39 bits per heavy atom. The SMILES string of the molecule is COc1ncccc1-c1cnc(N)c(C(N)=O)c1. The second kappa shape index (κ2) is 4.70. The molecular formula is C12H12N4O2. The summed E-state index contributed by atoms with van der Waals surface area (Å²) >= 11 is 0. The van der Waals surface area contributed by atoms with Crippen molar-refractivity contribution in [3.05, 3.63) is 36.2 Å². The summed E-state index contributed by atoms with van der Waals surface area (Å²) in [7, 11) is 1.52.